The molecule has 1 heterocycles. The number of benzene rings is 1. The molecule has 0 spiro atoms. The van der Waals surface area contributed by atoms with Gasteiger partial charge in [0, 0.05) is 0 Å². The molecule has 3 rings (SSSR count). The maximum atomic E-state index is 6.75. The first kappa shape index (κ1) is 12.0. The van der Waals surface area contributed by atoms with Crippen LogP contribution in [0.25, 0.3) is 6.08 Å². The van der Waals surface area contributed by atoms with Crippen LogP contribution in [0.2, 0.25) is 6.32 Å². The van der Waals surface area contributed by atoms with E-state index in [9.17, 15) is 0 Å². The first-order valence-corrected chi connectivity index (χ1v) is 11.7. The summed E-state index contributed by atoms with van der Waals surface area (Å²) in [5.74, 6) is 0. The van der Waals surface area contributed by atoms with Crippen LogP contribution in [0, 0.1) is 0 Å². The van der Waals surface area contributed by atoms with Gasteiger partial charge in [-0.3, -0.25) is 0 Å². The molecule has 1 aliphatic carbocycles. The molecular formula is C12H12BCl2NTi. The first-order valence-electron chi connectivity index (χ1n) is 5.78. The molecule has 1 aliphatic heterocycles. The Hall–Kier alpha value is -0.0108. The van der Waals surface area contributed by atoms with Crippen LogP contribution in [0.4, 0.5) is 0 Å². The molecule has 0 fully saturated rings. The minimum absolute atomic E-state index is 0.220. The van der Waals surface area contributed by atoms with Gasteiger partial charge in [-0.05, 0) is 0 Å². The van der Waals surface area contributed by atoms with Crippen LogP contribution in [0.5, 0.6) is 0 Å². The van der Waals surface area contributed by atoms with Crippen LogP contribution in [-0.4, -0.2) is 22.9 Å². The summed E-state index contributed by atoms with van der Waals surface area (Å²) in [6, 6.07) is 8.38. The molecule has 0 aromatic heterocycles. The average molecular weight is 300 g/mol. The normalized spacial score (nSPS) is 21.8. The summed E-state index contributed by atoms with van der Waals surface area (Å²) in [6.45, 7) is 3.12. The SMILES string of the molecule is [Cl][Ti]([Cl])([CH]1C=Cc2ccccc21)[N]1C=BCC1. The number of nitrogens with zero attached hydrogens (tertiary/aromatic N) is 1. The summed E-state index contributed by atoms with van der Waals surface area (Å²) in [4.78, 5) is 0. The van der Waals surface area contributed by atoms with E-state index < -0.39 is 14.7 Å². The Bertz CT molecular complexity index is 501. The van der Waals surface area contributed by atoms with E-state index in [1.165, 1.54) is 11.1 Å². The molecule has 1 aromatic carbocycles. The van der Waals surface area contributed by atoms with Crippen LogP contribution in [0.3, 0.4) is 0 Å². The summed E-state index contributed by atoms with van der Waals surface area (Å²) in [5, 5.41) is 0. The van der Waals surface area contributed by atoms with Gasteiger partial charge in [-0.15, -0.1) is 0 Å². The van der Waals surface area contributed by atoms with Crippen LogP contribution in [0.1, 0.15) is 15.3 Å². The van der Waals surface area contributed by atoms with Gasteiger partial charge in [-0.1, -0.05) is 0 Å². The van der Waals surface area contributed by atoms with Crippen LogP contribution < -0.4 is 0 Å². The zero-order valence-electron chi connectivity index (χ0n) is 9.31. The van der Waals surface area contributed by atoms with Gasteiger partial charge in [-0.2, -0.15) is 0 Å². The molecule has 0 saturated carbocycles. The standard InChI is InChI=1S/C9H7.C3H5BN.2ClH.Ti/c1-2-5-9-7-3-6-8(9)4-1;1-2-5-3-4-1;;;/h1-7H;3H,1-2H2;2*1H;/q;-1;;;+3/p-2. The third kappa shape index (κ3) is 2.06. The van der Waals surface area contributed by atoms with Gasteiger partial charge >= 0.3 is 114 Å². The minimum atomic E-state index is -3.04. The zero-order valence-corrected chi connectivity index (χ0v) is 12.4. The van der Waals surface area contributed by atoms with Crippen molar-refractivity contribution in [3.8, 4) is 0 Å². The van der Waals surface area contributed by atoms with Crippen molar-refractivity contribution in [3.63, 3.8) is 0 Å². The number of halogens is 2. The molecule has 17 heavy (non-hydrogen) atoms. The van der Waals surface area contributed by atoms with Crippen LogP contribution in [0.15, 0.2) is 30.3 Å². The van der Waals surface area contributed by atoms with E-state index in [2.05, 4.69) is 52.8 Å². The van der Waals surface area contributed by atoms with Gasteiger partial charge in [0.05, 0.1) is 0 Å². The molecule has 2 aliphatic rings. The second-order valence-electron chi connectivity index (χ2n) is 4.42. The Morgan fingerprint density at radius 3 is 2.88 bits per heavy atom. The molecule has 0 N–H and O–H groups in total. The molecule has 1 nitrogen and oxygen atoms in total. The fourth-order valence-electron chi connectivity index (χ4n) is 2.47. The van der Waals surface area contributed by atoms with Gasteiger partial charge in [-0.25, -0.2) is 0 Å². The Morgan fingerprint density at radius 1 is 1.29 bits per heavy atom. The summed E-state index contributed by atoms with van der Waals surface area (Å²) in [7, 11) is 13.5. The number of hydrogen-bond donors (Lipinski definition) is 0. The Labute approximate surface area is 114 Å². The molecule has 1 atom stereocenters. The molecule has 1 aromatic rings. The van der Waals surface area contributed by atoms with Crippen molar-refractivity contribution in [3.05, 3.63) is 41.5 Å². The monoisotopic (exact) mass is 299 g/mol. The second-order valence-corrected chi connectivity index (χ2v) is 13.7. The van der Waals surface area contributed by atoms with Crippen molar-refractivity contribution in [2.75, 3.05) is 6.54 Å². The summed E-state index contributed by atoms with van der Waals surface area (Å²) >= 11 is -3.04. The van der Waals surface area contributed by atoms with Gasteiger partial charge in [0.2, 0.25) is 0 Å². The van der Waals surface area contributed by atoms with Crippen LogP contribution in [-0.2, 0) is 14.7 Å². The van der Waals surface area contributed by atoms with Crippen molar-refractivity contribution in [2.24, 2.45) is 0 Å². The van der Waals surface area contributed by atoms with E-state index in [4.69, 9.17) is 18.6 Å². The molecule has 0 amide bonds. The van der Waals surface area contributed by atoms with E-state index in [1.54, 1.807) is 0 Å². The molecule has 86 valence electrons. The van der Waals surface area contributed by atoms with Gasteiger partial charge in [0.1, 0.15) is 0 Å². The Balaban J connectivity index is 1.96. The van der Waals surface area contributed by atoms with E-state index in [-0.39, 0.29) is 4.22 Å². The van der Waals surface area contributed by atoms with Gasteiger partial charge in [0.25, 0.3) is 0 Å². The molecule has 5 heteroatoms. The fraction of sp³-hybridized carbons (Fsp3) is 0.250. The topological polar surface area (TPSA) is 3.24 Å². The Kier molecular flexibility index (Phi) is 3.25. The van der Waals surface area contributed by atoms with Gasteiger partial charge < -0.3 is 0 Å². The quantitative estimate of drug-likeness (QED) is 0.757. The second kappa shape index (κ2) is 4.59. The third-order valence-corrected chi connectivity index (χ3v) is 10.8. The number of hydrogen-bond acceptors (Lipinski definition) is 1. The molecular weight excluding hydrogens is 288 g/mol. The van der Waals surface area contributed by atoms with E-state index in [0.29, 0.717) is 0 Å². The Morgan fingerprint density at radius 2 is 2.12 bits per heavy atom. The predicted octanol–water partition coefficient (Wildman–Crippen LogP) is 3.33. The van der Waals surface area contributed by atoms with Crippen molar-refractivity contribution in [1.29, 1.82) is 0 Å². The predicted molar refractivity (Wildman–Crippen MR) is 73.3 cm³/mol. The summed E-state index contributed by atoms with van der Waals surface area (Å²) in [6.07, 6.45) is 7.46. The molecule has 0 saturated heterocycles. The summed E-state index contributed by atoms with van der Waals surface area (Å²) in [5.41, 5.74) is 2.55. The van der Waals surface area contributed by atoms with Gasteiger partial charge in [0.15, 0.2) is 0 Å². The van der Waals surface area contributed by atoms with Crippen molar-refractivity contribution >= 4 is 37.7 Å². The first-order chi connectivity index (χ1) is 8.19. The van der Waals surface area contributed by atoms with Crippen molar-refractivity contribution in [2.45, 2.75) is 10.5 Å². The number of allylic oxidation sites excluding steroid dienone is 1. The number of rotatable bonds is 2. The van der Waals surface area contributed by atoms with E-state index in [1.807, 2.05) is 0 Å². The van der Waals surface area contributed by atoms with Crippen LogP contribution >= 0.6 is 18.6 Å². The average Bonchev–Trinajstić information content (AvgIpc) is 2.99. The molecule has 0 radical (unpaired) electrons. The van der Waals surface area contributed by atoms with E-state index >= 15 is 0 Å². The zero-order chi connectivity index (χ0) is 11.9. The van der Waals surface area contributed by atoms with E-state index in [0.717, 1.165) is 12.9 Å². The van der Waals surface area contributed by atoms with Crippen molar-refractivity contribution in [1.82, 2.24) is 3.38 Å². The molecule has 0 bridgehead atoms. The molecule has 1 unspecified atom stereocenters. The third-order valence-electron chi connectivity index (χ3n) is 3.38. The fourth-order valence-corrected chi connectivity index (χ4v) is 8.41. The maximum absolute atomic E-state index is 6.75. The number of fused-ring (bicyclic) bond motifs is 1. The summed E-state index contributed by atoms with van der Waals surface area (Å²) < 4.78 is 2.41. The van der Waals surface area contributed by atoms with Crippen molar-refractivity contribution < 1.29 is 14.7 Å².